The Kier molecular flexibility index (Phi) is 4.67. The molecule has 0 amide bonds. The standard InChI is InChI=1S/C20H24O9/c1-9(17(23)26-3)10-4-11(21)6-13-12(22)7-19(2,25)8-14-16(27-13)20(18(24)28-14)15(5-10)29-20/h10,13-16,25H,1,4-8H2,2-3H3/t10-,13-,14-,15+,16+,19+,20-/m0/s1. The maximum absolute atomic E-state index is 12.7. The number of hydrogen-bond donors (Lipinski definition) is 1. The van der Waals surface area contributed by atoms with Gasteiger partial charge in [0.05, 0.1) is 12.7 Å². The maximum Gasteiger partial charge on any atom is 0.344 e. The van der Waals surface area contributed by atoms with E-state index in [9.17, 15) is 24.3 Å². The third-order valence-corrected chi connectivity index (χ3v) is 6.29. The molecule has 0 radical (unpaired) electrons. The molecule has 29 heavy (non-hydrogen) atoms. The quantitative estimate of drug-likeness (QED) is 0.382. The van der Waals surface area contributed by atoms with Crippen molar-refractivity contribution in [1.29, 1.82) is 0 Å². The van der Waals surface area contributed by atoms with Gasteiger partial charge in [-0.1, -0.05) is 6.58 Å². The minimum Gasteiger partial charge on any atom is -0.466 e. The van der Waals surface area contributed by atoms with E-state index in [0.29, 0.717) is 0 Å². The Morgan fingerprint density at radius 2 is 2.00 bits per heavy atom. The molecule has 4 fully saturated rings. The van der Waals surface area contributed by atoms with Crippen molar-refractivity contribution in [2.75, 3.05) is 7.11 Å². The molecule has 4 aliphatic heterocycles. The summed E-state index contributed by atoms with van der Waals surface area (Å²) >= 11 is 0. The SMILES string of the molecule is C=C(C(=O)OC)[C@H]1CC(=O)C[C@@H]2O[C@@H]3[C@H](C[C@](C)(O)CC2=O)OC(=O)[C@@]32O[C@@H]2C1. The van der Waals surface area contributed by atoms with E-state index in [1.807, 2.05) is 0 Å². The Morgan fingerprint density at radius 3 is 2.69 bits per heavy atom. The van der Waals surface area contributed by atoms with Crippen LogP contribution in [0.15, 0.2) is 12.2 Å². The molecular formula is C20H24O9. The monoisotopic (exact) mass is 408 g/mol. The third-order valence-electron chi connectivity index (χ3n) is 6.29. The second kappa shape index (κ2) is 6.72. The zero-order valence-corrected chi connectivity index (χ0v) is 16.3. The van der Waals surface area contributed by atoms with Crippen molar-refractivity contribution in [2.24, 2.45) is 5.92 Å². The van der Waals surface area contributed by atoms with Crippen molar-refractivity contribution >= 4 is 23.5 Å². The molecule has 2 bridgehead atoms. The van der Waals surface area contributed by atoms with Gasteiger partial charge in [-0.05, 0) is 19.3 Å². The summed E-state index contributed by atoms with van der Waals surface area (Å²) in [5.41, 5.74) is -2.68. The smallest absolute Gasteiger partial charge is 0.344 e. The molecule has 0 aromatic carbocycles. The fourth-order valence-corrected chi connectivity index (χ4v) is 4.76. The Morgan fingerprint density at radius 1 is 1.28 bits per heavy atom. The Labute approximate surface area is 167 Å². The van der Waals surface area contributed by atoms with Gasteiger partial charge in [0.15, 0.2) is 5.78 Å². The molecule has 0 aliphatic carbocycles. The first-order valence-electron chi connectivity index (χ1n) is 9.65. The van der Waals surface area contributed by atoms with Gasteiger partial charge in [-0.3, -0.25) is 9.59 Å². The summed E-state index contributed by atoms with van der Waals surface area (Å²) in [5, 5.41) is 10.6. The van der Waals surface area contributed by atoms with E-state index in [4.69, 9.17) is 18.9 Å². The summed E-state index contributed by atoms with van der Waals surface area (Å²) in [7, 11) is 1.22. The van der Waals surface area contributed by atoms with Crippen LogP contribution in [0.1, 0.15) is 39.0 Å². The van der Waals surface area contributed by atoms with E-state index in [1.165, 1.54) is 14.0 Å². The van der Waals surface area contributed by atoms with Crippen LogP contribution in [0.4, 0.5) is 0 Å². The molecule has 4 aliphatic rings. The summed E-state index contributed by atoms with van der Waals surface area (Å²) in [4.78, 5) is 50.0. The van der Waals surface area contributed by atoms with E-state index in [-0.39, 0.29) is 43.5 Å². The van der Waals surface area contributed by atoms with Crippen molar-refractivity contribution in [2.45, 2.75) is 74.6 Å². The van der Waals surface area contributed by atoms with Crippen LogP contribution in [0.3, 0.4) is 0 Å². The van der Waals surface area contributed by atoms with E-state index < -0.39 is 59.3 Å². The number of aliphatic hydroxyl groups is 1. The molecule has 7 atom stereocenters. The number of esters is 2. The lowest BCUT2D eigenvalue weighted by Crippen LogP contribution is -2.50. The molecule has 0 saturated carbocycles. The molecule has 4 saturated heterocycles. The van der Waals surface area contributed by atoms with Crippen molar-refractivity contribution in [3.63, 3.8) is 0 Å². The lowest BCUT2D eigenvalue weighted by Gasteiger charge is -2.35. The maximum atomic E-state index is 12.7. The first kappa shape index (κ1) is 20.2. The second-order valence-electron chi connectivity index (χ2n) is 8.63. The van der Waals surface area contributed by atoms with Gasteiger partial charge in [0.25, 0.3) is 0 Å². The molecule has 0 aromatic rings. The van der Waals surface area contributed by atoms with Crippen LogP contribution in [0.5, 0.6) is 0 Å². The van der Waals surface area contributed by atoms with Crippen LogP contribution in [0, 0.1) is 5.92 Å². The number of carbonyl (C=O) groups excluding carboxylic acids is 4. The van der Waals surface area contributed by atoms with Crippen LogP contribution < -0.4 is 0 Å². The minimum atomic E-state index is -1.40. The highest BCUT2D eigenvalue weighted by Gasteiger charge is 2.76. The van der Waals surface area contributed by atoms with Crippen LogP contribution >= 0.6 is 0 Å². The van der Waals surface area contributed by atoms with E-state index in [2.05, 4.69) is 6.58 Å². The van der Waals surface area contributed by atoms with Gasteiger partial charge in [-0.2, -0.15) is 0 Å². The van der Waals surface area contributed by atoms with E-state index >= 15 is 0 Å². The lowest BCUT2D eigenvalue weighted by atomic mass is 9.80. The van der Waals surface area contributed by atoms with Crippen LogP contribution in [-0.4, -0.2) is 71.3 Å². The number of ketones is 2. The van der Waals surface area contributed by atoms with Crippen LogP contribution in [-0.2, 0) is 38.1 Å². The van der Waals surface area contributed by atoms with Crippen LogP contribution in [0.2, 0.25) is 0 Å². The van der Waals surface area contributed by atoms with Gasteiger partial charge in [-0.25, -0.2) is 9.59 Å². The van der Waals surface area contributed by atoms with E-state index in [1.54, 1.807) is 0 Å². The third kappa shape index (κ3) is 3.31. The number of hydrogen-bond acceptors (Lipinski definition) is 9. The summed E-state index contributed by atoms with van der Waals surface area (Å²) in [6, 6.07) is 0. The van der Waals surface area contributed by atoms with Gasteiger partial charge >= 0.3 is 11.9 Å². The number of epoxide rings is 1. The average Bonchev–Trinajstić information content (AvgIpc) is 3.29. The number of carbonyl (C=O) groups is 4. The number of rotatable bonds is 2. The van der Waals surface area contributed by atoms with Crippen LogP contribution in [0.25, 0.3) is 0 Å². The summed E-state index contributed by atoms with van der Waals surface area (Å²) in [6.07, 6.45) is -3.78. The topological polar surface area (TPSA) is 129 Å². The largest absolute Gasteiger partial charge is 0.466 e. The highest BCUT2D eigenvalue weighted by molar-refractivity contribution is 5.93. The first-order valence-corrected chi connectivity index (χ1v) is 9.65. The minimum absolute atomic E-state index is 0.0198. The highest BCUT2D eigenvalue weighted by atomic mass is 16.7. The van der Waals surface area contributed by atoms with Crippen molar-refractivity contribution < 1.29 is 43.2 Å². The number of fused-ring (bicyclic) bond motifs is 1. The molecule has 4 rings (SSSR count). The lowest BCUT2D eigenvalue weighted by molar-refractivity contribution is -0.159. The fraction of sp³-hybridized carbons (Fsp3) is 0.700. The second-order valence-corrected chi connectivity index (χ2v) is 8.63. The van der Waals surface area contributed by atoms with Gasteiger partial charge in [0, 0.05) is 31.3 Å². The normalized spacial score (nSPS) is 44.1. The number of methoxy groups -OCH3 is 1. The summed E-state index contributed by atoms with van der Waals surface area (Å²) < 4.78 is 21.9. The average molecular weight is 408 g/mol. The van der Waals surface area contributed by atoms with Crippen molar-refractivity contribution in [3.05, 3.63) is 12.2 Å². The molecular weight excluding hydrogens is 384 g/mol. The Bertz CT molecular complexity index is 800. The first-order chi connectivity index (χ1) is 13.6. The molecule has 9 heteroatoms. The molecule has 0 aromatic heterocycles. The van der Waals surface area contributed by atoms with Gasteiger partial charge in [-0.15, -0.1) is 0 Å². The van der Waals surface area contributed by atoms with Crippen molar-refractivity contribution in [3.8, 4) is 0 Å². The predicted molar refractivity (Wildman–Crippen MR) is 94.5 cm³/mol. The van der Waals surface area contributed by atoms with Gasteiger partial charge < -0.3 is 24.1 Å². The Hall–Kier alpha value is -2.10. The predicted octanol–water partition coefficient (Wildman–Crippen LogP) is 0.0155. The Balaban J connectivity index is 1.71. The number of ether oxygens (including phenoxy) is 4. The molecule has 1 spiro atoms. The van der Waals surface area contributed by atoms with Crippen molar-refractivity contribution in [1.82, 2.24) is 0 Å². The summed E-state index contributed by atoms with van der Waals surface area (Å²) in [6.45, 7) is 5.25. The molecule has 1 N–H and O–H groups in total. The van der Waals surface area contributed by atoms with Gasteiger partial charge in [0.2, 0.25) is 5.60 Å². The highest BCUT2D eigenvalue weighted by Crippen LogP contribution is 2.54. The van der Waals surface area contributed by atoms with Gasteiger partial charge in [0.1, 0.15) is 30.2 Å². The summed E-state index contributed by atoms with van der Waals surface area (Å²) in [5.74, 6) is -2.55. The molecule has 9 nitrogen and oxygen atoms in total. The molecule has 4 heterocycles. The molecule has 0 unspecified atom stereocenters. The zero-order valence-electron chi connectivity index (χ0n) is 16.3. The fourth-order valence-electron chi connectivity index (χ4n) is 4.76. The molecule has 158 valence electrons. The zero-order chi connectivity index (χ0) is 21.1. The van der Waals surface area contributed by atoms with E-state index in [0.717, 1.165) is 0 Å². The number of Topliss-reactive ketones (excluding diaryl/α,β-unsaturated/α-hetero) is 2.